The summed E-state index contributed by atoms with van der Waals surface area (Å²) in [6.45, 7) is 4.19. The van der Waals surface area contributed by atoms with Crippen molar-refractivity contribution >= 4 is 6.09 Å². The van der Waals surface area contributed by atoms with Gasteiger partial charge in [0.15, 0.2) is 0 Å². The van der Waals surface area contributed by atoms with Crippen LogP contribution < -0.4 is 5.73 Å². The maximum absolute atomic E-state index is 10.6. The van der Waals surface area contributed by atoms with Crippen molar-refractivity contribution in [3.05, 3.63) is 0 Å². The van der Waals surface area contributed by atoms with Gasteiger partial charge in [-0.3, -0.25) is 0 Å². The molecule has 0 saturated heterocycles. The van der Waals surface area contributed by atoms with E-state index in [0.29, 0.717) is 0 Å². The SMILES string of the molecule is CCCCCCCCCCCCCCCCCCC(C)OC(N)=O. The number of primary amides is 1. The van der Waals surface area contributed by atoms with Crippen LogP contribution in [0.4, 0.5) is 4.79 Å². The lowest BCUT2D eigenvalue weighted by molar-refractivity contribution is 0.110. The maximum atomic E-state index is 10.6. The van der Waals surface area contributed by atoms with Gasteiger partial charge in [-0.1, -0.05) is 103 Å². The molecule has 1 atom stereocenters. The van der Waals surface area contributed by atoms with Crippen LogP contribution in [0.2, 0.25) is 0 Å². The zero-order valence-electron chi connectivity index (χ0n) is 16.5. The van der Waals surface area contributed by atoms with Crippen LogP contribution in [0, 0.1) is 0 Å². The molecule has 0 fully saturated rings. The Labute approximate surface area is 151 Å². The Hall–Kier alpha value is -0.730. The van der Waals surface area contributed by atoms with E-state index >= 15 is 0 Å². The van der Waals surface area contributed by atoms with Crippen molar-refractivity contribution in [3.8, 4) is 0 Å². The van der Waals surface area contributed by atoms with Crippen molar-refractivity contribution in [1.82, 2.24) is 0 Å². The second-order valence-corrected chi connectivity index (χ2v) is 7.34. The van der Waals surface area contributed by atoms with Gasteiger partial charge < -0.3 is 10.5 Å². The van der Waals surface area contributed by atoms with Crippen molar-refractivity contribution in [2.24, 2.45) is 5.73 Å². The molecule has 0 aliphatic heterocycles. The fourth-order valence-corrected chi connectivity index (χ4v) is 3.24. The van der Waals surface area contributed by atoms with E-state index in [1.54, 1.807) is 0 Å². The molecule has 0 aliphatic rings. The number of rotatable bonds is 18. The van der Waals surface area contributed by atoms with Crippen LogP contribution in [-0.2, 0) is 4.74 Å². The highest BCUT2D eigenvalue weighted by molar-refractivity contribution is 5.64. The van der Waals surface area contributed by atoms with Gasteiger partial charge in [0.05, 0.1) is 0 Å². The first kappa shape index (κ1) is 23.3. The smallest absolute Gasteiger partial charge is 0.404 e. The molecule has 1 unspecified atom stereocenters. The molecule has 0 spiro atoms. The molecule has 0 radical (unpaired) electrons. The summed E-state index contributed by atoms with van der Waals surface area (Å²) < 4.78 is 4.91. The highest BCUT2D eigenvalue weighted by Gasteiger charge is 2.04. The second kappa shape index (κ2) is 18.6. The van der Waals surface area contributed by atoms with E-state index < -0.39 is 6.09 Å². The van der Waals surface area contributed by atoms with Crippen molar-refractivity contribution in [2.75, 3.05) is 0 Å². The number of carbonyl (C=O) groups excluding carboxylic acids is 1. The zero-order valence-corrected chi connectivity index (χ0v) is 16.5. The van der Waals surface area contributed by atoms with Crippen LogP contribution in [0.15, 0.2) is 0 Å². The first-order valence-electron chi connectivity index (χ1n) is 10.6. The normalized spacial score (nSPS) is 12.2. The fraction of sp³-hybridized carbons (Fsp3) is 0.952. The lowest BCUT2D eigenvalue weighted by Crippen LogP contribution is -2.20. The van der Waals surface area contributed by atoms with E-state index in [1.807, 2.05) is 6.92 Å². The van der Waals surface area contributed by atoms with Crippen molar-refractivity contribution < 1.29 is 9.53 Å². The number of amides is 1. The summed E-state index contributed by atoms with van der Waals surface area (Å²) in [6, 6.07) is 0. The van der Waals surface area contributed by atoms with Crippen LogP contribution in [-0.4, -0.2) is 12.2 Å². The summed E-state index contributed by atoms with van der Waals surface area (Å²) in [5.74, 6) is 0. The molecule has 3 nitrogen and oxygen atoms in total. The largest absolute Gasteiger partial charge is 0.447 e. The van der Waals surface area contributed by atoms with E-state index in [0.717, 1.165) is 12.8 Å². The summed E-state index contributed by atoms with van der Waals surface area (Å²) in [5, 5.41) is 0. The topological polar surface area (TPSA) is 52.3 Å². The maximum Gasteiger partial charge on any atom is 0.404 e. The molecular formula is C21H43NO2. The Kier molecular flexibility index (Phi) is 18.0. The van der Waals surface area contributed by atoms with Gasteiger partial charge in [-0.2, -0.15) is 0 Å². The van der Waals surface area contributed by atoms with Gasteiger partial charge in [-0.15, -0.1) is 0 Å². The molecule has 0 aromatic carbocycles. The van der Waals surface area contributed by atoms with E-state index in [9.17, 15) is 4.79 Å². The molecule has 0 bridgehead atoms. The number of unbranched alkanes of at least 4 members (excludes halogenated alkanes) is 15. The van der Waals surface area contributed by atoms with Gasteiger partial charge in [0.1, 0.15) is 6.10 Å². The molecule has 144 valence electrons. The van der Waals surface area contributed by atoms with Gasteiger partial charge >= 0.3 is 6.09 Å². The molecule has 1 amide bonds. The van der Waals surface area contributed by atoms with Crippen LogP contribution in [0.1, 0.15) is 123 Å². The monoisotopic (exact) mass is 341 g/mol. The third-order valence-electron chi connectivity index (χ3n) is 4.78. The quantitative estimate of drug-likeness (QED) is 0.270. The average Bonchev–Trinajstić information content (AvgIpc) is 2.53. The number of ether oxygens (including phenoxy) is 1. The van der Waals surface area contributed by atoms with Gasteiger partial charge in [0.2, 0.25) is 0 Å². The summed E-state index contributed by atoms with van der Waals surface area (Å²) in [6.07, 6.45) is 22.3. The Morgan fingerprint density at radius 3 is 1.38 bits per heavy atom. The lowest BCUT2D eigenvalue weighted by Gasteiger charge is -2.10. The van der Waals surface area contributed by atoms with Crippen LogP contribution in [0.5, 0.6) is 0 Å². The molecule has 24 heavy (non-hydrogen) atoms. The minimum Gasteiger partial charge on any atom is -0.447 e. The van der Waals surface area contributed by atoms with Gasteiger partial charge in [0, 0.05) is 0 Å². The van der Waals surface area contributed by atoms with Gasteiger partial charge in [-0.25, -0.2) is 4.79 Å². The molecular weight excluding hydrogens is 298 g/mol. The second-order valence-electron chi connectivity index (χ2n) is 7.34. The van der Waals surface area contributed by atoms with Crippen LogP contribution >= 0.6 is 0 Å². The van der Waals surface area contributed by atoms with E-state index in [1.165, 1.54) is 96.3 Å². The molecule has 0 aromatic rings. The molecule has 0 aliphatic carbocycles. The van der Waals surface area contributed by atoms with Crippen molar-refractivity contribution in [3.63, 3.8) is 0 Å². The van der Waals surface area contributed by atoms with Gasteiger partial charge in [-0.05, 0) is 19.8 Å². The molecule has 2 N–H and O–H groups in total. The Morgan fingerprint density at radius 2 is 1.04 bits per heavy atom. The summed E-state index contributed by atoms with van der Waals surface area (Å²) in [7, 11) is 0. The number of hydrogen-bond donors (Lipinski definition) is 1. The highest BCUT2D eigenvalue weighted by atomic mass is 16.6. The number of carbonyl (C=O) groups is 1. The molecule has 0 aromatic heterocycles. The van der Waals surface area contributed by atoms with E-state index in [-0.39, 0.29) is 6.10 Å². The van der Waals surface area contributed by atoms with Gasteiger partial charge in [0.25, 0.3) is 0 Å². The van der Waals surface area contributed by atoms with Crippen molar-refractivity contribution in [2.45, 2.75) is 129 Å². The van der Waals surface area contributed by atoms with Crippen LogP contribution in [0.25, 0.3) is 0 Å². The lowest BCUT2D eigenvalue weighted by atomic mass is 10.0. The van der Waals surface area contributed by atoms with Crippen LogP contribution in [0.3, 0.4) is 0 Å². The van der Waals surface area contributed by atoms with E-state index in [2.05, 4.69) is 6.92 Å². The first-order valence-corrected chi connectivity index (χ1v) is 10.6. The number of hydrogen-bond acceptors (Lipinski definition) is 2. The fourth-order valence-electron chi connectivity index (χ4n) is 3.24. The number of nitrogens with two attached hydrogens (primary N) is 1. The van der Waals surface area contributed by atoms with Crippen molar-refractivity contribution in [1.29, 1.82) is 0 Å². The standard InChI is InChI=1S/C21H43NO2/c1-3-4-5-6-7-8-9-10-11-12-13-14-15-16-17-18-19-20(2)24-21(22)23/h20H,3-19H2,1-2H3,(H2,22,23). The molecule has 3 heteroatoms. The predicted octanol–water partition coefficient (Wildman–Crippen LogP) is 7.12. The Morgan fingerprint density at radius 1 is 0.708 bits per heavy atom. The molecule has 0 heterocycles. The summed E-state index contributed by atoms with van der Waals surface area (Å²) in [4.78, 5) is 10.6. The average molecular weight is 342 g/mol. The summed E-state index contributed by atoms with van der Waals surface area (Å²) >= 11 is 0. The molecule has 0 rings (SSSR count). The third kappa shape index (κ3) is 19.3. The minimum absolute atomic E-state index is 0.0332. The Bertz CT molecular complexity index is 269. The van der Waals surface area contributed by atoms with E-state index in [4.69, 9.17) is 10.5 Å². The Balaban J connectivity index is 3.06. The predicted molar refractivity (Wildman–Crippen MR) is 104 cm³/mol. The highest BCUT2D eigenvalue weighted by Crippen LogP contribution is 2.14. The molecule has 0 saturated carbocycles. The zero-order chi connectivity index (χ0) is 17.9. The minimum atomic E-state index is -0.654. The third-order valence-corrected chi connectivity index (χ3v) is 4.78. The summed E-state index contributed by atoms with van der Waals surface area (Å²) in [5.41, 5.74) is 4.99. The first-order chi connectivity index (χ1) is 11.7.